The molecule has 0 aliphatic rings. The Bertz CT molecular complexity index is 1200. The first-order valence-electron chi connectivity index (χ1n) is 7.80. The Kier molecular flexibility index (Phi) is 3.05. The average molecular weight is 344 g/mol. The zero-order chi connectivity index (χ0) is 16.8. The molecule has 0 spiro atoms. The van der Waals surface area contributed by atoms with Gasteiger partial charge in [0.15, 0.2) is 0 Å². The van der Waals surface area contributed by atoms with Crippen molar-refractivity contribution < 1.29 is 4.85 Å². The summed E-state index contributed by atoms with van der Waals surface area (Å²) < 4.78 is 1.74. The van der Waals surface area contributed by atoms with Gasteiger partial charge >= 0.3 is 0 Å². The molecule has 3 aromatic heterocycles. The molecule has 0 saturated carbocycles. The molecule has 5 rings (SSSR count). The predicted octanol–water partition coefficient (Wildman–Crippen LogP) is 3.91. The molecule has 3 heterocycles. The SMILES string of the molecule is [O-][n+]1nc2c(-c3ccsc3)cnn2c2cc(-c3ccccc3)ccc21. The number of nitrogens with zero attached hydrogens (tertiary/aromatic N) is 4. The van der Waals surface area contributed by atoms with Crippen LogP contribution in [0, 0.1) is 5.21 Å². The molecular weight excluding hydrogens is 332 g/mol. The highest BCUT2D eigenvalue weighted by atomic mass is 32.1. The van der Waals surface area contributed by atoms with Gasteiger partial charge < -0.3 is 5.21 Å². The van der Waals surface area contributed by atoms with Crippen LogP contribution >= 0.6 is 11.3 Å². The molecule has 0 saturated heterocycles. The van der Waals surface area contributed by atoms with E-state index in [-0.39, 0.29) is 0 Å². The Balaban J connectivity index is 1.82. The molecule has 0 N–H and O–H groups in total. The molecule has 5 aromatic rings. The van der Waals surface area contributed by atoms with Crippen molar-refractivity contribution in [2.24, 2.45) is 0 Å². The molecule has 0 radical (unpaired) electrons. The van der Waals surface area contributed by atoms with Crippen LogP contribution in [-0.4, -0.2) is 14.7 Å². The molecule has 25 heavy (non-hydrogen) atoms. The van der Waals surface area contributed by atoms with E-state index in [0.29, 0.717) is 16.0 Å². The fourth-order valence-electron chi connectivity index (χ4n) is 3.04. The molecule has 6 heteroatoms. The van der Waals surface area contributed by atoms with Crippen molar-refractivity contribution in [1.82, 2.24) is 14.7 Å². The van der Waals surface area contributed by atoms with E-state index in [9.17, 15) is 5.21 Å². The maximum Gasteiger partial charge on any atom is 0.270 e. The minimum atomic E-state index is 0.493. The minimum Gasteiger partial charge on any atom is -0.594 e. The van der Waals surface area contributed by atoms with Crippen molar-refractivity contribution in [3.05, 3.63) is 76.8 Å². The Labute approximate surface area is 147 Å². The lowest BCUT2D eigenvalue weighted by Gasteiger charge is -2.05. The van der Waals surface area contributed by atoms with Crippen molar-refractivity contribution in [2.75, 3.05) is 0 Å². The molecule has 0 aliphatic carbocycles. The van der Waals surface area contributed by atoms with Gasteiger partial charge in [0.1, 0.15) is 5.52 Å². The van der Waals surface area contributed by atoms with Gasteiger partial charge in [-0.3, -0.25) is 0 Å². The van der Waals surface area contributed by atoms with Crippen LogP contribution in [0.5, 0.6) is 0 Å². The highest BCUT2D eigenvalue weighted by molar-refractivity contribution is 7.08. The van der Waals surface area contributed by atoms with Gasteiger partial charge in [-0.2, -0.15) is 16.4 Å². The largest absolute Gasteiger partial charge is 0.594 e. The first kappa shape index (κ1) is 14.1. The van der Waals surface area contributed by atoms with E-state index in [2.05, 4.69) is 10.2 Å². The Hall–Kier alpha value is -3.25. The Morgan fingerprint density at radius 2 is 1.84 bits per heavy atom. The van der Waals surface area contributed by atoms with Gasteiger partial charge in [-0.25, -0.2) is 4.52 Å². The van der Waals surface area contributed by atoms with Gasteiger partial charge in [0, 0.05) is 11.2 Å². The van der Waals surface area contributed by atoms with Crippen LogP contribution in [0.3, 0.4) is 0 Å². The van der Waals surface area contributed by atoms with Gasteiger partial charge in [-0.05, 0) is 50.5 Å². The number of hydrogen-bond acceptors (Lipinski definition) is 4. The van der Waals surface area contributed by atoms with Crippen molar-refractivity contribution >= 4 is 28.0 Å². The van der Waals surface area contributed by atoms with E-state index >= 15 is 0 Å². The molecule has 0 unspecified atom stereocenters. The third-order valence-electron chi connectivity index (χ3n) is 4.28. The minimum absolute atomic E-state index is 0.493. The summed E-state index contributed by atoms with van der Waals surface area (Å²) in [5.41, 5.74) is 5.80. The zero-order valence-electron chi connectivity index (χ0n) is 13.0. The van der Waals surface area contributed by atoms with Gasteiger partial charge in [-0.1, -0.05) is 30.3 Å². The molecule has 0 bridgehead atoms. The molecule has 0 fully saturated rings. The van der Waals surface area contributed by atoms with Gasteiger partial charge in [0.05, 0.1) is 11.8 Å². The topological polar surface area (TPSA) is 57.1 Å². The summed E-state index contributed by atoms with van der Waals surface area (Å²) in [4.78, 5) is 0.678. The van der Waals surface area contributed by atoms with Crippen molar-refractivity contribution in [3.63, 3.8) is 0 Å². The quantitative estimate of drug-likeness (QED) is 0.360. The second-order valence-corrected chi connectivity index (χ2v) is 6.53. The fourth-order valence-corrected chi connectivity index (χ4v) is 3.70. The number of fused-ring (bicyclic) bond motifs is 3. The van der Waals surface area contributed by atoms with Crippen LogP contribution in [0.25, 0.3) is 38.9 Å². The van der Waals surface area contributed by atoms with E-state index in [1.165, 1.54) is 0 Å². The van der Waals surface area contributed by atoms with Crippen molar-refractivity contribution in [1.29, 1.82) is 0 Å². The Morgan fingerprint density at radius 3 is 2.64 bits per heavy atom. The molecule has 5 nitrogen and oxygen atoms in total. The van der Waals surface area contributed by atoms with E-state index < -0.39 is 0 Å². The third kappa shape index (κ3) is 2.19. The van der Waals surface area contributed by atoms with Crippen molar-refractivity contribution in [2.45, 2.75) is 0 Å². The summed E-state index contributed by atoms with van der Waals surface area (Å²) in [6, 6.07) is 17.8. The highest BCUT2D eigenvalue weighted by Crippen LogP contribution is 2.28. The summed E-state index contributed by atoms with van der Waals surface area (Å²) in [6.45, 7) is 0. The number of thiophene rings is 1. The highest BCUT2D eigenvalue weighted by Gasteiger charge is 2.18. The number of aromatic nitrogens is 4. The Morgan fingerprint density at radius 1 is 0.960 bits per heavy atom. The summed E-state index contributed by atoms with van der Waals surface area (Å²) in [5.74, 6) is 0. The lowest BCUT2D eigenvalue weighted by atomic mass is 10.1. The van der Waals surface area contributed by atoms with Crippen LogP contribution in [0.2, 0.25) is 0 Å². The zero-order valence-corrected chi connectivity index (χ0v) is 13.9. The predicted molar refractivity (Wildman–Crippen MR) is 98.2 cm³/mol. The smallest absolute Gasteiger partial charge is 0.270 e. The first-order valence-corrected chi connectivity index (χ1v) is 8.75. The number of rotatable bonds is 2. The number of hydrogen-bond donors (Lipinski definition) is 0. The van der Waals surface area contributed by atoms with E-state index in [0.717, 1.165) is 27.8 Å². The lowest BCUT2D eigenvalue weighted by Crippen LogP contribution is -2.33. The first-order chi connectivity index (χ1) is 12.3. The molecule has 120 valence electrons. The van der Waals surface area contributed by atoms with E-state index in [1.54, 1.807) is 28.1 Å². The standard InChI is InChI=1S/C19H12N4OS/c24-23-17-7-6-14(13-4-2-1-3-5-13)10-18(17)22-19(21-23)16(11-20-22)15-8-9-25-12-15/h1-12H. The van der Waals surface area contributed by atoms with Gasteiger partial charge in [-0.15, -0.1) is 0 Å². The fraction of sp³-hybridized carbons (Fsp3) is 0. The van der Waals surface area contributed by atoms with Crippen LogP contribution < -0.4 is 4.85 Å². The van der Waals surface area contributed by atoms with E-state index in [4.69, 9.17) is 0 Å². The van der Waals surface area contributed by atoms with Gasteiger partial charge in [0.2, 0.25) is 5.65 Å². The summed E-state index contributed by atoms with van der Waals surface area (Å²) >= 11 is 1.60. The summed E-state index contributed by atoms with van der Waals surface area (Å²) in [6.07, 6.45) is 1.76. The third-order valence-corrected chi connectivity index (χ3v) is 4.96. The second kappa shape index (κ2) is 5.39. The molecule has 0 amide bonds. The van der Waals surface area contributed by atoms with Gasteiger partial charge in [0.25, 0.3) is 5.52 Å². The normalized spacial score (nSPS) is 11.4. The summed E-state index contributed by atoms with van der Waals surface area (Å²) in [7, 11) is 0. The monoisotopic (exact) mass is 344 g/mol. The lowest BCUT2D eigenvalue weighted by molar-refractivity contribution is -0.640. The molecular formula is C19H12N4OS. The van der Waals surface area contributed by atoms with E-state index in [1.807, 2.05) is 59.3 Å². The second-order valence-electron chi connectivity index (χ2n) is 5.75. The average Bonchev–Trinajstić information content (AvgIpc) is 3.31. The van der Waals surface area contributed by atoms with Crippen LogP contribution in [0.1, 0.15) is 0 Å². The summed E-state index contributed by atoms with van der Waals surface area (Å²) in [5, 5.41) is 25.1. The number of benzene rings is 2. The van der Waals surface area contributed by atoms with Crippen LogP contribution in [0.4, 0.5) is 0 Å². The molecule has 2 aromatic carbocycles. The van der Waals surface area contributed by atoms with Crippen molar-refractivity contribution in [3.8, 4) is 22.3 Å². The maximum absolute atomic E-state index is 12.4. The molecule has 0 atom stereocenters. The van der Waals surface area contributed by atoms with Crippen LogP contribution in [0.15, 0.2) is 71.6 Å². The molecule has 0 aliphatic heterocycles. The maximum atomic E-state index is 12.4. The van der Waals surface area contributed by atoms with Crippen LogP contribution in [-0.2, 0) is 0 Å².